The molecule has 4 rings (SSSR count). The SMILES string of the molecule is CN1C(=O)CCC(n2c(=O)n(C)c3cc(C[C@H]4CC[C@@H](CC(=O)OC(C)(C)C)CC4)ccc32)C1=O. The molecule has 0 N–H and O–H groups in total. The summed E-state index contributed by atoms with van der Waals surface area (Å²) in [6.07, 6.45) is 6.21. The van der Waals surface area contributed by atoms with Crippen LogP contribution in [-0.4, -0.2) is 44.5 Å². The molecule has 1 saturated carbocycles. The summed E-state index contributed by atoms with van der Waals surface area (Å²) in [7, 11) is 3.21. The van der Waals surface area contributed by atoms with Crippen LogP contribution in [0, 0.1) is 11.8 Å². The number of benzene rings is 1. The summed E-state index contributed by atoms with van der Waals surface area (Å²) in [6.45, 7) is 5.69. The maximum absolute atomic E-state index is 13.1. The van der Waals surface area contributed by atoms with Gasteiger partial charge in [0.05, 0.1) is 11.0 Å². The molecule has 1 saturated heterocycles. The molecule has 8 nitrogen and oxygen atoms in total. The molecule has 0 spiro atoms. The maximum Gasteiger partial charge on any atom is 0.329 e. The zero-order valence-corrected chi connectivity index (χ0v) is 21.5. The van der Waals surface area contributed by atoms with Gasteiger partial charge in [-0.2, -0.15) is 0 Å². The van der Waals surface area contributed by atoms with Crippen LogP contribution in [0.3, 0.4) is 0 Å². The number of imide groups is 1. The minimum Gasteiger partial charge on any atom is -0.460 e. The Morgan fingerprint density at radius 1 is 0.971 bits per heavy atom. The Morgan fingerprint density at radius 3 is 2.29 bits per heavy atom. The van der Waals surface area contributed by atoms with E-state index in [2.05, 4.69) is 6.07 Å². The zero-order valence-electron chi connectivity index (χ0n) is 21.5. The monoisotopic (exact) mass is 483 g/mol. The average molecular weight is 484 g/mol. The van der Waals surface area contributed by atoms with E-state index in [4.69, 9.17) is 4.74 Å². The number of ether oxygens (including phenoxy) is 1. The summed E-state index contributed by atoms with van der Waals surface area (Å²) >= 11 is 0. The summed E-state index contributed by atoms with van der Waals surface area (Å²) in [6, 6.07) is 5.39. The molecule has 2 aliphatic rings. The number of likely N-dealkylation sites (tertiary alicyclic amines) is 1. The van der Waals surface area contributed by atoms with Crippen LogP contribution in [0.25, 0.3) is 11.0 Å². The van der Waals surface area contributed by atoms with Crippen LogP contribution < -0.4 is 5.69 Å². The van der Waals surface area contributed by atoms with Crippen LogP contribution in [0.5, 0.6) is 0 Å². The van der Waals surface area contributed by atoms with E-state index in [0.717, 1.165) is 48.0 Å². The maximum atomic E-state index is 13.1. The zero-order chi connectivity index (χ0) is 25.5. The molecule has 2 aromatic rings. The van der Waals surface area contributed by atoms with E-state index >= 15 is 0 Å². The number of nitrogens with zero attached hydrogens (tertiary/aromatic N) is 3. The Bertz CT molecular complexity index is 1190. The normalized spacial score (nSPS) is 23.7. The second kappa shape index (κ2) is 9.63. The summed E-state index contributed by atoms with van der Waals surface area (Å²) in [5.74, 6) is 0.284. The number of aromatic nitrogens is 2. The topological polar surface area (TPSA) is 90.6 Å². The van der Waals surface area contributed by atoms with Gasteiger partial charge in [-0.25, -0.2) is 4.79 Å². The summed E-state index contributed by atoms with van der Waals surface area (Å²) < 4.78 is 8.62. The van der Waals surface area contributed by atoms with E-state index in [9.17, 15) is 19.2 Å². The highest BCUT2D eigenvalue weighted by molar-refractivity contribution is 5.99. The van der Waals surface area contributed by atoms with E-state index in [1.165, 1.54) is 12.6 Å². The average Bonchev–Trinajstić information content (AvgIpc) is 3.02. The third-order valence-corrected chi connectivity index (χ3v) is 7.45. The smallest absolute Gasteiger partial charge is 0.329 e. The highest BCUT2D eigenvalue weighted by Gasteiger charge is 2.35. The van der Waals surface area contributed by atoms with E-state index in [1.54, 1.807) is 16.2 Å². The molecule has 1 atom stereocenters. The second-order valence-electron chi connectivity index (χ2n) is 11.3. The van der Waals surface area contributed by atoms with Gasteiger partial charge in [-0.15, -0.1) is 0 Å². The molecule has 1 aliphatic heterocycles. The predicted molar refractivity (Wildman–Crippen MR) is 133 cm³/mol. The van der Waals surface area contributed by atoms with Gasteiger partial charge in [0.2, 0.25) is 5.91 Å². The van der Waals surface area contributed by atoms with Gasteiger partial charge in [-0.3, -0.25) is 28.4 Å². The summed E-state index contributed by atoms with van der Waals surface area (Å²) in [5, 5.41) is 0. The molecule has 0 bridgehead atoms. The van der Waals surface area contributed by atoms with Crippen LogP contribution in [-0.2, 0) is 32.6 Å². The Labute approximate surface area is 206 Å². The number of carbonyl (C=O) groups is 3. The number of rotatable bonds is 5. The van der Waals surface area contributed by atoms with Crippen LogP contribution in [0.1, 0.15) is 77.3 Å². The van der Waals surface area contributed by atoms with Gasteiger partial charge >= 0.3 is 11.7 Å². The van der Waals surface area contributed by atoms with Crippen molar-refractivity contribution in [3.63, 3.8) is 0 Å². The van der Waals surface area contributed by atoms with Crippen molar-refractivity contribution < 1.29 is 19.1 Å². The lowest BCUT2D eigenvalue weighted by molar-refractivity contribution is -0.156. The summed E-state index contributed by atoms with van der Waals surface area (Å²) in [5.41, 5.74) is 2.02. The fourth-order valence-electron chi connectivity index (χ4n) is 5.57. The van der Waals surface area contributed by atoms with Crippen molar-refractivity contribution in [2.24, 2.45) is 18.9 Å². The first-order valence-corrected chi connectivity index (χ1v) is 12.7. The van der Waals surface area contributed by atoms with Gasteiger partial charge in [0.25, 0.3) is 5.91 Å². The van der Waals surface area contributed by atoms with Gasteiger partial charge in [-0.1, -0.05) is 6.07 Å². The number of aryl methyl sites for hydroxylation is 1. The first-order chi connectivity index (χ1) is 16.4. The number of imidazole rings is 1. The lowest BCUT2D eigenvalue weighted by Crippen LogP contribution is -2.45. The minimum absolute atomic E-state index is 0.108. The van der Waals surface area contributed by atoms with Gasteiger partial charge in [0.15, 0.2) is 0 Å². The first-order valence-electron chi connectivity index (χ1n) is 12.7. The highest BCUT2D eigenvalue weighted by Crippen LogP contribution is 2.34. The van der Waals surface area contributed by atoms with E-state index < -0.39 is 11.6 Å². The van der Waals surface area contributed by atoms with Crippen LogP contribution >= 0.6 is 0 Å². The van der Waals surface area contributed by atoms with Crippen molar-refractivity contribution in [3.05, 3.63) is 34.2 Å². The summed E-state index contributed by atoms with van der Waals surface area (Å²) in [4.78, 5) is 51.0. The number of esters is 1. The molecule has 35 heavy (non-hydrogen) atoms. The molecule has 1 aliphatic carbocycles. The molecule has 2 heterocycles. The molecule has 1 aromatic heterocycles. The number of likely N-dealkylation sites (N-methyl/N-ethyl adjacent to an activating group) is 1. The molecule has 0 radical (unpaired) electrons. The quantitative estimate of drug-likeness (QED) is 0.477. The number of amides is 2. The number of hydrogen-bond donors (Lipinski definition) is 0. The molecule has 2 fully saturated rings. The third-order valence-electron chi connectivity index (χ3n) is 7.45. The fourth-order valence-corrected chi connectivity index (χ4v) is 5.57. The van der Waals surface area contributed by atoms with Crippen molar-refractivity contribution >= 4 is 28.8 Å². The largest absolute Gasteiger partial charge is 0.460 e. The van der Waals surface area contributed by atoms with Crippen molar-refractivity contribution in [1.82, 2.24) is 14.0 Å². The fraction of sp³-hybridized carbons (Fsp3) is 0.630. The van der Waals surface area contributed by atoms with Gasteiger partial charge in [0.1, 0.15) is 11.6 Å². The standard InChI is InChI=1S/C27H37N3O5/c1-27(2,3)35-24(32)16-18-8-6-17(7-9-18)14-19-10-11-20-22(15-19)28(4)26(34)30(20)21-12-13-23(31)29(5)25(21)33/h10-11,15,17-18,21H,6-9,12-14,16H2,1-5H3/t17-,18+,21?. The number of carbonyl (C=O) groups excluding carboxylic acids is 3. The van der Waals surface area contributed by atoms with E-state index in [0.29, 0.717) is 24.7 Å². The lowest BCUT2D eigenvalue weighted by Gasteiger charge is -2.29. The van der Waals surface area contributed by atoms with Crippen molar-refractivity contribution in [2.45, 2.75) is 83.8 Å². The lowest BCUT2D eigenvalue weighted by atomic mass is 9.78. The molecular weight excluding hydrogens is 446 g/mol. The Morgan fingerprint density at radius 2 is 1.63 bits per heavy atom. The molecule has 8 heteroatoms. The molecule has 190 valence electrons. The number of piperidine rings is 1. The third kappa shape index (κ3) is 5.36. The molecule has 1 unspecified atom stereocenters. The molecule has 1 aromatic carbocycles. The molecule has 2 amide bonds. The van der Waals surface area contributed by atoms with E-state index in [1.807, 2.05) is 32.9 Å². The highest BCUT2D eigenvalue weighted by atomic mass is 16.6. The first kappa shape index (κ1) is 25.2. The van der Waals surface area contributed by atoms with Crippen LogP contribution in [0.2, 0.25) is 0 Å². The van der Waals surface area contributed by atoms with Crippen LogP contribution in [0.4, 0.5) is 0 Å². The Hall–Kier alpha value is -2.90. The van der Waals surface area contributed by atoms with E-state index in [-0.39, 0.29) is 29.9 Å². The van der Waals surface area contributed by atoms with Crippen molar-refractivity contribution in [1.29, 1.82) is 0 Å². The van der Waals surface area contributed by atoms with Crippen molar-refractivity contribution in [3.8, 4) is 0 Å². The molecular formula is C27H37N3O5. The van der Waals surface area contributed by atoms with Crippen molar-refractivity contribution in [2.75, 3.05) is 7.05 Å². The van der Waals surface area contributed by atoms with Gasteiger partial charge in [0, 0.05) is 26.9 Å². The van der Waals surface area contributed by atoms with Gasteiger partial charge < -0.3 is 4.74 Å². The second-order valence-corrected chi connectivity index (χ2v) is 11.3. The minimum atomic E-state index is -0.653. The van der Waals surface area contributed by atoms with Gasteiger partial charge in [-0.05, 0) is 88.8 Å². The Kier molecular flexibility index (Phi) is 6.93. The van der Waals surface area contributed by atoms with Crippen LogP contribution in [0.15, 0.2) is 23.0 Å². The predicted octanol–water partition coefficient (Wildman–Crippen LogP) is 3.74. The number of hydrogen-bond acceptors (Lipinski definition) is 5. The Balaban J connectivity index is 1.44. The number of fused-ring (bicyclic) bond motifs is 1.